The van der Waals surface area contributed by atoms with Gasteiger partial charge in [-0.1, -0.05) is 26.8 Å². The normalized spacial score (nSPS) is 15.6. The second kappa shape index (κ2) is 8.40. The molecule has 1 aromatic carbocycles. The molecule has 0 aliphatic heterocycles. The molecule has 0 aromatic heterocycles. The third kappa shape index (κ3) is 5.01. The molecule has 0 spiro atoms. The maximum absolute atomic E-state index is 10.0. The lowest BCUT2D eigenvalue weighted by Crippen LogP contribution is -2.26. The molecule has 1 rings (SSSR count). The van der Waals surface area contributed by atoms with Gasteiger partial charge in [0.15, 0.2) is 0 Å². The lowest BCUT2D eigenvalue weighted by atomic mass is 9.88. The minimum absolute atomic E-state index is 0.208. The van der Waals surface area contributed by atoms with Gasteiger partial charge in [0.2, 0.25) is 0 Å². The van der Waals surface area contributed by atoms with Crippen molar-refractivity contribution in [1.29, 1.82) is 0 Å². The third-order valence-corrected chi connectivity index (χ3v) is 4.01. The molecule has 0 saturated heterocycles. The van der Waals surface area contributed by atoms with Crippen LogP contribution in [0.25, 0.3) is 0 Å². The van der Waals surface area contributed by atoms with Crippen LogP contribution in [0.3, 0.4) is 0 Å². The van der Waals surface area contributed by atoms with Crippen LogP contribution in [0.2, 0.25) is 0 Å². The van der Waals surface area contributed by atoms with Crippen LogP contribution < -0.4 is 4.74 Å². The molecule has 3 heteroatoms. The van der Waals surface area contributed by atoms with E-state index < -0.39 is 12.2 Å². The molecule has 1 aromatic rings. The summed E-state index contributed by atoms with van der Waals surface area (Å²) in [7, 11) is 0. The van der Waals surface area contributed by atoms with Crippen LogP contribution >= 0.6 is 0 Å². The summed E-state index contributed by atoms with van der Waals surface area (Å²) in [6.45, 7) is 10.9. The number of ether oxygens (including phenoxy) is 1. The van der Waals surface area contributed by atoms with Crippen molar-refractivity contribution in [2.75, 3.05) is 6.61 Å². The van der Waals surface area contributed by atoms with E-state index in [1.165, 1.54) is 11.1 Å². The summed E-state index contributed by atoms with van der Waals surface area (Å²) < 4.78 is 5.75. The van der Waals surface area contributed by atoms with E-state index in [0.717, 1.165) is 24.3 Å². The fraction of sp³-hybridized carbons (Fsp3) is 0.667. The molecule has 0 fully saturated rings. The lowest BCUT2D eigenvalue weighted by molar-refractivity contribution is 0.00950. The zero-order valence-electron chi connectivity index (χ0n) is 14.0. The molecule has 0 aliphatic carbocycles. The van der Waals surface area contributed by atoms with Crippen molar-refractivity contribution in [3.05, 3.63) is 28.8 Å². The second-order valence-corrected chi connectivity index (χ2v) is 6.00. The van der Waals surface area contributed by atoms with E-state index in [-0.39, 0.29) is 5.92 Å². The number of hydrogen-bond donors (Lipinski definition) is 2. The van der Waals surface area contributed by atoms with Gasteiger partial charge in [-0.15, -0.1) is 0 Å². The monoisotopic (exact) mass is 294 g/mol. The predicted octanol–water partition coefficient (Wildman–Crippen LogP) is 3.72. The van der Waals surface area contributed by atoms with E-state index in [0.29, 0.717) is 12.8 Å². The highest BCUT2D eigenvalue weighted by Crippen LogP contribution is 2.30. The van der Waals surface area contributed by atoms with Crippen LogP contribution in [-0.4, -0.2) is 29.0 Å². The summed E-state index contributed by atoms with van der Waals surface area (Å²) >= 11 is 0. The minimum Gasteiger partial charge on any atom is -0.493 e. The fourth-order valence-electron chi connectivity index (χ4n) is 2.63. The van der Waals surface area contributed by atoms with Crippen LogP contribution in [0.1, 0.15) is 62.6 Å². The first-order chi connectivity index (χ1) is 9.90. The summed E-state index contributed by atoms with van der Waals surface area (Å²) in [5.41, 5.74) is 3.53. The van der Waals surface area contributed by atoms with Crippen molar-refractivity contribution in [2.24, 2.45) is 0 Å². The maximum atomic E-state index is 10.0. The Bertz CT molecular complexity index is 442. The van der Waals surface area contributed by atoms with Gasteiger partial charge in [-0.3, -0.25) is 0 Å². The number of aliphatic hydroxyl groups is 2. The summed E-state index contributed by atoms with van der Waals surface area (Å²) in [5.74, 6) is 1.15. The molecule has 0 saturated carbocycles. The summed E-state index contributed by atoms with van der Waals surface area (Å²) in [6, 6.07) is 4.23. The van der Waals surface area contributed by atoms with E-state index >= 15 is 0 Å². The SMILES string of the molecule is CCCOc1cc(C)c(C(C)CC(O)C(O)CC)cc1C. The van der Waals surface area contributed by atoms with Crippen molar-refractivity contribution < 1.29 is 14.9 Å². The van der Waals surface area contributed by atoms with E-state index in [4.69, 9.17) is 4.74 Å². The molecule has 0 radical (unpaired) electrons. The van der Waals surface area contributed by atoms with E-state index in [1.54, 1.807) is 0 Å². The topological polar surface area (TPSA) is 49.7 Å². The average molecular weight is 294 g/mol. The van der Waals surface area contributed by atoms with Gasteiger partial charge in [0.1, 0.15) is 5.75 Å². The highest BCUT2D eigenvalue weighted by atomic mass is 16.5. The minimum atomic E-state index is -0.666. The Morgan fingerprint density at radius 1 is 1.05 bits per heavy atom. The van der Waals surface area contributed by atoms with Crippen LogP contribution in [0, 0.1) is 13.8 Å². The second-order valence-electron chi connectivity index (χ2n) is 6.00. The molecule has 3 nitrogen and oxygen atoms in total. The first-order valence-corrected chi connectivity index (χ1v) is 8.00. The van der Waals surface area contributed by atoms with Gasteiger partial charge in [0.05, 0.1) is 18.8 Å². The predicted molar refractivity (Wildman–Crippen MR) is 87.0 cm³/mol. The molecule has 0 heterocycles. The number of aliphatic hydroxyl groups excluding tert-OH is 2. The van der Waals surface area contributed by atoms with Crippen molar-refractivity contribution in [2.45, 2.75) is 72.0 Å². The first-order valence-electron chi connectivity index (χ1n) is 8.00. The Morgan fingerprint density at radius 3 is 2.29 bits per heavy atom. The maximum Gasteiger partial charge on any atom is 0.122 e. The van der Waals surface area contributed by atoms with Crippen LogP contribution in [-0.2, 0) is 0 Å². The van der Waals surface area contributed by atoms with Gasteiger partial charge in [-0.05, 0) is 61.8 Å². The fourth-order valence-corrected chi connectivity index (χ4v) is 2.63. The first kappa shape index (κ1) is 18.0. The Labute approximate surface area is 129 Å². The average Bonchev–Trinajstić information content (AvgIpc) is 2.46. The molecule has 2 N–H and O–H groups in total. The number of aryl methyl sites for hydroxylation is 2. The summed E-state index contributed by atoms with van der Waals surface area (Å²) in [6.07, 6.45) is 0.847. The van der Waals surface area contributed by atoms with E-state index in [2.05, 4.69) is 39.8 Å². The molecule has 0 aliphatic rings. The number of benzene rings is 1. The van der Waals surface area contributed by atoms with Crippen molar-refractivity contribution in [3.8, 4) is 5.75 Å². The van der Waals surface area contributed by atoms with Crippen LogP contribution in [0.15, 0.2) is 12.1 Å². The smallest absolute Gasteiger partial charge is 0.122 e. The van der Waals surface area contributed by atoms with Crippen molar-refractivity contribution in [3.63, 3.8) is 0 Å². The molecule has 120 valence electrons. The van der Waals surface area contributed by atoms with Gasteiger partial charge in [-0.2, -0.15) is 0 Å². The third-order valence-electron chi connectivity index (χ3n) is 4.01. The van der Waals surface area contributed by atoms with Crippen molar-refractivity contribution >= 4 is 0 Å². The quantitative estimate of drug-likeness (QED) is 0.768. The summed E-state index contributed by atoms with van der Waals surface area (Å²) in [4.78, 5) is 0. The molecule has 3 atom stereocenters. The molecule has 3 unspecified atom stereocenters. The van der Waals surface area contributed by atoms with Gasteiger partial charge in [0, 0.05) is 0 Å². The Morgan fingerprint density at radius 2 is 1.71 bits per heavy atom. The Hall–Kier alpha value is -1.06. The standard InChI is InChI=1S/C18H30O3/c1-6-8-21-18-11-13(4)15(9-14(18)5)12(3)10-17(20)16(19)7-2/h9,11-12,16-17,19-20H,6-8,10H2,1-5H3. The molecular formula is C18H30O3. The zero-order chi connectivity index (χ0) is 16.0. The number of hydrogen-bond acceptors (Lipinski definition) is 3. The lowest BCUT2D eigenvalue weighted by Gasteiger charge is -2.23. The van der Waals surface area contributed by atoms with Gasteiger partial charge < -0.3 is 14.9 Å². The van der Waals surface area contributed by atoms with Gasteiger partial charge in [0.25, 0.3) is 0 Å². The van der Waals surface area contributed by atoms with Crippen LogP contribution in [0.5, 0.6) is 5.75 Å². The van der Waals surface area contributed by atoms with E-state index in [9.17, 15) is 10.2 Å². The molecular weight excluding hydrogens is 264 g/mol. The van der Waals surface area contributed by atoms with Gasteiger partial charge in [-0.25, -0.2) is 0 Å². The molecule has 21 heavy (non-hydrogen) atoms. The Balaban J connectivity index is 2.85. The van der Waals surface area contributed by atoms with Crippen molar-refractivity contribution in [1.82, 2.24) is 0 Å². The zero-order valence-corrected chi connectivity index (χ0v) is 14.0. The van der Waals surface area contributed by atoms with Crippen LogP contribution in [0.4, 0.5) is 0 Å². The van der Waals surface area contributed by atoms with E-state index in [1.807, 2.05) is 6.92 Å². The molecule has 0 bridgehead atoms. The molecule has 0 amide bonds. The van der Waals surface area contributed by atoms with Gasteiger partial charge >= 0.3 is 0 Å². The number of rotatable bonds is 8. The highest BCUT2D eigenvalue weighted by molar-refractivity contribution is 5.43. The largest absolute Gasteiger partial charge is 0.493 e. The highest BCUT2D eigenvalue weighted by Gasteiger charge is 2.20. The Kier molecular flexibility index (Phi) is 7.20. The summed E-state index contributed by atoms with van der Waals surface area (Å²) in [5, 5.41) is 19.7.